The molecule has 0 spiro atoms. The van der Waals surface area contributed by atoms with E-state index in [4.69, 9.17) is 19.9 Å². The quantitative estimate of drug-likeness (QED) is 0.655. The van der Waals surface area contributed by atoms with Crippen LogP contribution in [0.3, 0.4) is 0 Å². The summed E-state index contributed by atoms with van der Waals surface area (Å²) >= 11 is 0. The van der Waals surface area contributed by atoms with Crippen molar-refractivity contribution in [1.29, 1.82) is 0 Å². The zero-order valence-electron chi connectivity index (χ0n) is 14.8. The molecule has 3 rings (SSSR count). The van der Waals surface area contributed by atoms with Gasteiger partial charge in [0.2, 0.25) is 5.91 Å². The standard InChI is InChI=1S/C20H22N2O5/c21-19(23)18(22-20(24)27-11-15-4-2-1-3-5-15)10-14-6-8-16(9-7-14)25-12-17-13-26-17/h1-9,17-18H,10-13H2,(H2,21,23)(H,22,24)/t17-,18+/m1/s1. The Morgan fingerprint density at radius 3 is 2.44 bits per heavy atom. The number of carbonyl (C=O) groups is 2. The van der Waals surface area contributed by atoms with E-state index < -0.39 is 18.0 Å². The topological polar surface area (TPSA) is 103 Å². The number of primary amides is 1. The number of benzene rings is 2. The summed E-state index contributed by atoms with van der Waals surface area (Å²) in [5, 5.41) is 2.51. The third-order valence-electron chi connectivity index (χ3n) is 4.05. The largest absolute Gasteiger partial charge is 0.491 e. The maximum absolute atomic E-state index is 12.0. The second-order valence-corrected chi connectivity index (χ2v) is 6.28. The van der Waals surface area contributed by atoms with Crippen molar-refractivity contribution in [2.75, 3.05) is 13.2 Å². The summed E-state index contributed by atoms with van der Waals surface area (Å²) in [5.41, 5.74) is 7.11. The second-order valence-electron chi connectivity index (χ2n) is 6.28. The molecule has 142 valence electrons. The molecule has 0 unspecified atom stereocenters. The van der Waals surface area contributed by atoms with Gasteiger partial charge in [-0.25, -0.2) is 4.79 Å². The first-order valence-electron chi connectivity index (χ1n) is 8.70. The van der Waals surface area contributed by atoms with E-state index in [2.05, 4.69) is 5.32 Å². The van der Waals surface area contributed by atoms with E-state index in [1.807, 2.05) is 54.6 Å². The maximum Gasteiger partial charge on any atom is 0.408 e. The molecule has 2 aromatic rings. The highest BCUT2D eigenvalue weighted by Gasteiger charge is 2.23. The Balaban J connectivity index is 1.48. The van der Waals surface area contributed by atoms with Crippen molar-refractivity contribution in [3.63, 3.8) is 0 Å². The number of epoxide rings is 1. The summed E-state index contributed by atoms with van der Waals surface area (Å²) in [6, 6.07) is 15.7. The Morgan fingerprint density at radius 2 is 1.81 bits per heavy atom. The van der Waals surface area contributed by atoms with Crippen molar-refractivity contribution < 1.29 is 23.8 Å². The number of nitrogens with one attached hydrogen (secondary N) is 1. The number of carbonyl (C=O) groups excluding carboxylic acids is 2. The fourth-order valence-electron chi connectivity index (χ4n) is 2.44. The highest BCUT2D eigenvalue weighted by molar-refractivity contribution is 5.84. The molecule has 7 heteroatoms. The third kappa shape index (κ3) is 6.31. The fourth-order valence-corrected chi connectivity index (χ4v) is 2.44. The van der Waals surface area contributed by atoms with Gasteiger partial charge in [0.15, 0.2) is 0 Å². The number of amides is 2. The molecule has 2 atom stereocenters. The lowest BCUT2D eigenvalue weighted by Crippen LogP contribution is -2.46. The maximum atomic E-state index is 12.0. The minimum absolute atomic E-state index is 0.120. The van der Waals surface area contributed by atoms with Gasteiger partial charge >= 0.3 is 6.09 Å². The SMILES string of the molecule is NC(=O)[C@H](Cc1ccc(OC[C@@H]2CO2)cc1)NC(=O)OCc1ccccc1. The van der Waals surface area contributed by atoms with Crippen LogP contribution in [-0.2, 0) is 27.3 Å². The average Bonchev–Trinajstić information content (AvgIpc) is 3.50. The second kappa shape index (κ2) is 9.05. The summed E-state index contributed by atoms with van der Waals surface area (Å²) in [5.74, 6) is 0.0953. The van der Waals surface area contributed by atoms with Crippen LogP contribution in [0, 0.1) is 0 Å². The normalized spacial score (nSPS) is 16.2. The van der Waals surface area contributed by atoms with Crippen molar-refractivity contribution in [2.24, 2.45) is 5.73 Å². The molecular weight excluding hydrogens is 348 g/mol. The Kier molecular flexibility index (Phi) is 6.27. The molecule has 1 heterocycles. The first-order valence-corrected chi connectivity index (χ1v) is 8.70. The van der Waals surface area contributed by atoms with Gasteiger partial charge in [-0.15, -0.1) is 0 Å². The van der Waals surface area contributed by atoms with Crippen LogP contribution in [0.15, 0.2) is 54.6 Å². The molecule has 0 bridgehead atoms. The van der Waals surface area contributed by atoms with Crippen molar-refractivity contribution in [2.45, 2.75) is 25.2 Å². The van der Waals surface area contributed by atoms with Gasteiger partial charge in [0.1, 0.15) is 31.1 Å². The third-order valence-corrected chi connectivity index (χ3v) is 4.05. The summed E-state index contributed by atoms with van der Waals surface area (Å²) in [6.07, 6.45) is -0.232. The fraction of sp³-hybridized carbons (Fsp3) is 0.300. The summed E-state index contributed by atoms with van der Waals surface area (Å²) in [7, 11) is 0. The first-order chi connectivity index (χ1) is 13.1. The van der Waals surface area contributed by atoms with E-state index in [1.165, 1.54) is 0 Å². The van der Waals surface area contributed by atoms with Gasteiger partial charge in [-0.2, -0.15) is 0 Å². The number of alkyl carbamates (subject to hydrolysis) is 1. The summed E-state index contributed by atoms with van der Waals surface area (Å²) < 4.78 is 15.8. The molecule has 0 aliphatic carbocycles. The van der Waals surface area contributed by atoms with Crippen molar-refractivity contribution >= 4 is 12.0 Å². The average molecular weight is 370 g/mol. The molecule has 0 aromatic heterocycles. The molecule has 0 saturated carbocycles. The molecule has 27 heavy (non-hydrogen) atoms. The number of hydrogen-bond acceptors (Lipinski definition) is 5. The molecule has 1 aliphatic rings. The van der Waals surface area contributed by atoms with E-state index in [0.29, 0.717) is 6.61 Å². The van der Waals surface area contributed by atoms with Crippen LogP contribution in [0.2, 0.25) is 0 Å². The minimum atomic E-state index is -0.861. The van der Waals surface area contributed by atoms with Gasteiger partial charge in [0, 0.05) is 6.42 Å². The Bertz CT molecular complexity index is 760. The molecule has 0 radical (unpaired) electrons. The van der Waals surface area contributed by atoms with Gasteiger partial charge in [-0.3, -0.25) is 4.79 Å². The molecule has 2 aromatic carbocycles. The number of nitrogens with two attached hydrogens (primary N) is 1. The van der Waals surface area contributed by atoms with Gasteiger partial charge in [-0.05, 0) is 23.3 Å². The van der Waals surface area contributed by atoms with E-state index in [-0.39, 0.29) is 19.1 Å². The predicted octanol–water partition coefficient (Wildman–Crippen LogP) is 1.79. The molecule has 1 saturated heterocycles. The highest BCUT2D eigenvalue weighted by Crippen LogP contribution is 2.16. The highest BCUT2D eigenvalue weighted by atomic mass is 16.6. The number of rotatable bonds is 9. The number of hydrogen-bond donors (Lipinski definition) is 2. The Labute approximate surface area is 157 Å². The van der Waals surface area contributed by atoms with Crippen LogP contribution < -0.4 is 15.8 Å². The molecule has 3 N–H and O–H groups in total. The molecule has 2 amide bonds. The van der Waals surface area contributed by atoms with E-state index in [0.717, 1.165) is 23.5 Å². The molecule has 7 nitrogen and oxygen atoms in total. The summed E-state index contributed by atoms with van der Waals surface area (Å²) in [4.78, 5) is 23.6. The predicted molar refractivity (Wildman–Crippen MR) is 98.1 cm³/mol. The van der Waals surface area contributed by atoms with Crippen molar-refractivity contribution in [3.8, 4) is 5.75 Å². The van der Waals surface area contributed by atoms with Crippen LogP contribution in [-0.4, -0.2) is 37.4 Å². The van der Waals surface area contributed by atoms with Gasteiger partial charge < -0.3 is 25.3 Å². The molecule has 1 aliphatic heterocycles. The van der Waals surface area contributed by atoms with Crippen LogP contribution in [0.1, 0.15) is 11.1 Å². The van der Waals surface area contributed by atoms with Gasteiger partial charge in [-0.1, -0.05) is 42.5 Å². The van der Waals surface area contributed by atoms with Crippen LogP contribution in [0.4, 0.5) is 4.79 Å². The number of ether oxygens (including phenoxy) is 3. The monoisotopic (exact) mass is 370 g/mol. The lowest BCUT2D eigenvalue weighted by atomic mass is 10.1. The van der Waals surface area contributed by atoms with Crippen LogP contribution in [0.5, 0.6) is 5.75 Å². The smallest absolute Gasteiger partial charge is 0.408 e. The van der Waals surface area contributed by atoms with E-state index in [9.17, 15) is 9.59 Å². The van der Waals surface area contributed by atoms with Crippen molar-refractivity contribution in [1.82, 2.24) is 5.32 Å². The van der Waals surface area contributed by atoms with Crippen LogP contribution >= 0.6 is 0 Å². The molecular formula is C20H22N2O5. The minimum Gasteiger partial charge on any atom is -0.491 e. The Morgan fingerprint density at radius 1 is 1.11 bits per heavy atom. The summed E-state index contributed by atoms with van der Waals surface area (Å²) in [6.45, 7) is 1.39. The zero-order chi connectivity index (χ0) is 19.1. The van der Waals surface area contributed by atoms with Gasteiger partial charge in [0.25, 0.3) is 0 Å². The lowest BCUT2D eigenvalue weighted by molar-refractivity contribution is -0.119. The zero-order valence-corrected chi connectivity index (χ0v) is 14.8. The lowest BCUT2D eigenvalue weighted by Gasteiger charge is -2.16. The van der Waals surface area contributed by atoms with Crippen molar-refractivity contribution in [3.05, 3.63) is 65.7 Å². The van der Waals surface area contributed by atoms with Gasteiger partial charge in [0.05, 0.1) is 6.61 Å². The first kappa shape index (κ1) is 18.7. The van der Waals surface area contributed by atoms with E-state index in [1.54, 1.807) is 0 Å². The molecule has 1 fully saturated rings. The van der Waals surface area contributed by atoms with Crippen LogP contribution in [0.25, 0.3) is 0 Å². The van der Waals surface area contributed by atoms with E-state index >= 15 is 0 Å². The Hall–Kier alpha value is -3.06.